The molecule has 0 atom stereocenters. The summed E-state index contributed by atoms with van der Waals surface area (Å²) < 4.78 is 2.02. The van der Waals surface area contributed by atoms with Crippen LogP contribution in [-0.2, 0) is 0 Å². The van der Waals surface area contributed by atoms with Crippen LogP contribution in [0.25, 0.3) is 0 Å². The van der Waals surface area contributed by atoms with E-state index in [-0.39, 0.29) is 14.5 Å². The van der Waals surface area contributed by atoms with Crippen molar-refractivity contribution in [1.29, 1.82) is 0 Å². The van der Waals surface area contributed by atoms with Crippen LogP contribution in [0.15, 0.2) is 109 Å². The molecule has 0 radical (unpaired) electrons. The molecule has 1 heterocycles. The topological polar surface area (TPSA) is 0 Å². The molecule has 39 heavy (non-hydrogen) atoms. The van der Waals surface area contributed by atoms with E-state index in [1.165, 1.54) is 11.1 Å². The molecule has 182 valence electrons. The van der Waals surface area contributed by atoms with Crippen molar-refractivity contribution in [3.63, 3.8) is 0 Å². The summed E-state index contributed by atoms with van der Waals surface area (Å²) >= 11 is -0.100. The van der Waals surface area contributed by atoms with Crippen molar-refractivity contribution in [2.45, 2.75) is 13.8 Å². The normalized spacial score (nSPS) is 9.49. The second-order valence-electron chi connectivity index (χ2n) is 8.98. The van der Waals surface area contributed by atoms with Gasteiger partial charge >= 0.3 is 238 Å². The van der Waals surface area contributed by atoms with Crippen LogP contribution in [0.1, 0.15) is 53.4 Å². The molecule has 0 saturated heterocycles. The quantitative estimate of drug-likeness (QED) is 0.142. The molecular formula is C38H24Se. The van der Waals surface area contributed by atoms with E-state index in [2.05, 4.69) is 85.5 Å². The molecule has 5 rings (SSSR count). The fourth-order valence-electron chi connectivity index (χ4n) is 3.86. The van der Waals surface area contributed by atoms with Crippen molar-refractivity contribution in [1.82, 2.24) is 0 Å². The predicted octanol–water partition coefficient (Wildman–Crippen LogP) is 6.96. The Morgan fingerprint density at radius 2 is 0.769 bits per heavy atom. The summed E-state index contributed by atoms with van der Waals surface area (Å²) in [5.41, 5.74) is 8.03. The van der Waals surface area contributed by atoms with Crippen molar-refractivity contribution < 1.29 is 0 Å². The van der Waals surface area contributed by atoms with E-state index < -0.39 is 0 Å². The first kappa shape index (κ1) is 25.8. The van der Waals surface area contributed by atoms with Gasteiger partial charge in [-0.3, -0.25) is 0 Å². The van der Waals surface area contributed by atoms with Gasteiger partial charge in [0, 0.05) is 0 Å². The van der Waals surface area contributed by atoms with Gasteiger partial charge in [-0.25, -0.2) is 0 Å². The van der Waals surface area contributed by atoms with Gasteiger partial charge in [0.25, 0.3) is 0 Å². The van der Waals surface area contributed by atoms with Crippen molar-refractivity contribution >= 4 is 14.5 Å². The Bertz CT molecular complexity index is 1740. The van der Waals surface area contributed by atoms with Gasteiger partial charge in [0.15, 0.2) is 0 Å². The monoisotopic (exact) mass is 560 g/mol. The van der Waals surface area contributed by atoms with E-state index in [0.717, 1.165) is 42.3 Å². The first-order valence-corrected chi connectivity index (χ1v) is 14.3. The average Bonchev–Trinajstić information content (AvgIpc) is 3.30. The van der Waals surface area contributed by atoms with Crippen LogP contribution in [-0.4, -0.2) is 14.5 Å². The molecule has 0 spiro atoms. The van der Waals surface area contributed by atoms with E-state index in [1.54, 1.807) is 0 Å². The summed E-state index contributed by atoms with van der Waals surface area (Å²) in [4.78, 5) is 0. The third kappa shape index (κ3) is 7.12. The Morgan fingerprint density at radius 3 is 1.18 bits per heavy atom. The minimum atomic E-state index is -0.100. The molecule has 1 aromatic heterocycles. The number of rotatable bonds is 0. The van der Waals surface area contributed by atoms with Gasteiger partial charge in [0.1, 0.15) is 0 Å². The van der Waals surface area contributed by atoms with Crippen molar-refractivity contribution in [2.24, 2.45) is 0 Å². The van der Waals surface area contributed by atoms with E-state index in [0.29, 0.717) is 0 Å². The van der Waals surface area contributed by atoms with Gasteiger partial charge in [0.05, 0.1) is 0 Å². The van der Waals surface area contributed by atoms with E-state index in [4.69, 9.17) is 0 Å². The van der Waals surface area contributed by atoms with E-state index in [1.807, 2.05) is 84.9 Å². The fraction of sp³-hybridized carbons (Fsp3) is 0.0526. The molecule has 0 aliphatic heterocycles. The summed E-state index contributed by atoms with van der Waals surface area (Å²) in [5.74, 6) is 27.2. The van der Waals surface area contributed by atoms with Crippen LogP contribution in [0.2, 0.25) is 0 Å². The molecule has 1 heteroatoms. The number of hydrogen-bond acceptors (Lipinski definition) is 0. The van der Waals surface area contributed by atoms with Gasteiger partial charge in [-0.2, -0.15) is 0 Å². The maximum absolute atomic E-state index is 3.45. The van der Waals surface area contributed by atoms with E-state index in [9.17, 15) is 0 Å². The zero-order valence-electron chi connectivity index (χ0n) is 21.8. The Labute approximate surface area is 237 Å². The molecule has 0 fully saturated rings. The Kier molecular flexibility index (Phi) is 8.31. The summed E-state index contributed by atoms with van der Waals surface area (Å²) in [5, 5.41) is 0. The number of aryl methyl sites for hydroxylation is 2. The molecule has 0 unspecified atom stereocenters. The summed E-state index contributed by atoms with van der Waals surface area (Å²) in [6.07, 6.45) is 0. The minimum absolute atomic E-state index is 0.100. The molecule has 0 amide bonds. The third-order valence-corrected chi connectivity index (χ3v) is 7.94. The molecule has 0 aliphatic carbocycles. The van der Waals surface area contributed by atoms with Crippen LogP contribution < -0.4 is 0 Å². The summed E-state index contributed by atoms with van der Waals surface area (Å²) in [7, 11) is 0. The summed E-state index contributed by atoms with van der Waals surface area (Å²) in [6.45, 7) is 4.16. The Hall–Kier alpha value is -4.88. The van der Waals surface area contributed by atoms with Gasteiger partial charge in [-0.05, 0) is 0 Å². The maximum atomic E-state index is 3.45. The number of benzene rings is 4. The third-order valence-electron chi connectivity index (χ3n) is 5.80. The molecule has 0 nitrogen and oxygen atoms in total. The van der Waals surface area contributed by atoms with Crippen molar-refractivity contribution in [3.8, 4) is 47.4 Å². The van der Waals surface area contributed by atoms with Crippen LogP contribution in [0.4, 0.5) is 0 Å². The first-order chi connectivity index (χ1) is 19.1. The zero-order chi connectivity index (χ0) is 26.9. The predicted molar refractivity (Wildman–Crippen MR) is 163 cm³/mol. The van der Waals surface area contributed by atoms with Crippen LogP contribution in [0, 0.1) is 61.2 Å². The van der Waals surface area contributed by atoms with Gasteiger partial charge < -0.3 is 0 Å². The second kappa shape index (κ2) is 12.6. The van der Waals surface area contributed by atoms with Gasteiger partial charge in [-0.1, -0.05) is 0 Å². The zero-order valence-corrected chi connectivity index (χ0v) is 23.5. The Balaban J connectivity index is 1.70. The van der Waals surface area contributed by atoms with Crippen molar-refractivity contribution in [2.75, 3.05) is 0 Å². The molecule has 0 aliphatic rings. The Morgan fingerprint density at radius 1 is 0.385 bits per heavy atom. The standard InChI is InChI=1S/C38H24Se/c1-29-11-9-17-33(27-29)19-23-35-36(24-20-34-18-10-12-30(2)28-34)38(26-22-32-15-7-4-8-16-32)39-37(35)25-21-31-13-5-3-6-14-31/h3-18,27-28H,1-2H3. The van der Waals surface area contributed by atoms with Crippen LogP contribution in [0.3, 0.4) is 0 Å². The average molecular weight is 560 g/mol. The van der Waals surface area contributed by atoms with Gasteiger partial charge in [0.2, 0.25) is 0 Å². The fourth-order valence-corrected chi connectivity index (χ4v) is 5.79. The molecule has 0 bridgehead atoms. The van der Waals surface area contributed by atoms with E-state index >= 15 is 0 Å². The SMILES string of the molecule is Cc1cccc(C#Cc2c(C#Cc3ccccc3)[se]c(C#Cc3ccccc3)c2C#Cc2cccc(C)c2)c1. The second-order valence-corrected chi connectivity index (χ2v) is 11.1. The molecule has 0 saturated carbocycles. The molecule has 4 aromatic carbocycles. The molecule has 0 N–H and O–H groups in total. The summed E-state index contributed by atoms with van der Waals surface area (Å²) in [6, 6.07) is 36.6. The molecular weight excluding hydrogens is 535 g/mol. The van der Waals surface area contributed by atoms with Crippen LogP contribution in [0.5, 0.6) is 0 Å². The first-order valence-electron chi connectivity index (χ1n) is 12.6. The molecule has 5 aromatic rings. The van der Waals surface area contributed by atoms with Crippen molar-refractivity contribution in [3.05, 3.63) is 163 Å². The number of hydrogen-bond donors (Lipinski definition) is 0. The van der Waals surface area contributed by atoms with Gasteiger partial charge in [-0.15, -0.1) is 0 Å². The van der Waals surface area contributed by atoms with Crippen LogP contribution >= 0.6 is 0 Å².